The molecule has 2 aliphatic carbocycles. The number of nitrogens with one attached hydrogen (secondary N) is 1. The maximum Gasteiger partial charge on any atom is 0.0831 e. The molecule has 1 aromatic carbocycles. The average Bonchev–Trinajstić information content (AvgIpc) is 3.47. The van der Waals surface area contributed by atoms with Gasteiger partial charge in [-0.2, -0.15) is 0 Å². The lowest BCUT2D eigenvalue weighted by molar-refractivity contribution is 0.0207. The summed E-state index contributed by atoms with van der Waals surface area (Å²) >= 11 is 0. The van der Waals surface area contributed by atoms with E-state index in [1.165, 1.54) is 30.4 Å². The molecule has 154 valence electrons. The van der Waals surface area contributed by atoms with Gasteiger partial charge in [-0.3, -0.25) is 0 Å². The smallest absolute Gasteiger partial charge is 0.0831 e. The van der Waals surface area contributed by atoms with Gasteiger partial charge in [0, 0.05) is 27.2 Å². The molecule has 2 fully saturated rings. The number of piperidine rings is 1. The van der Waals surface area contributed by atoms with Crippen molar-refractivity contribution in [2.24, 2.45) is 11.8 Å². The summed E-state index contributed by atoms with van der Waals surface area (Å²) in [7, 11) is 1.76. The van der Waals surface area contributed by atoms with Gasteiger partial charge in [0.1, 0.15) is 0 Å². The van der Waals surface area contributed by atoms with Gasteiger partial charge in [0.25, 0.3) is 0 Å². The summed E-state index contributed by atoms with van der Waals surface area (Å²) in [6, 6.07) is 9.06. The molecule has 1 N–H and O–H groups in total. The third-order valence-electron chi connectivity index (χ3n) is 6.68. The zero-order chi connectivity index (χ0) is 19.2. The van der Waals surface area contributed by atoms with Gasteiger partial charge in [-0.1, -0.05) is 48.6 Å². The van der Waals surface area contributed by atoms with Crippen LogP contribution in [0.25, 0.3) is 0 Å². The van der Waals surface area contributed by atoms with Crippen molar-refractivity contribution < 1.29 is 10.9 Å². The first kappa shape index (κ1) is 19.9. The molecule has 0 bridgehead atoms. The molecule has 1 heterocycles. The van der Waals surface area contributed by atoms with Gasteiger partial charge in [0.15, 0.2) is 0 Å². The zero-order valence-electron chi connectivity index (χ0n) is 17.2. The fourth-order valence-corrected chi connectivity index (χ4v) is 5.08. The van der Waals surface area contributed by atoms with Crippen molar-refractivity contribution in [3.8, 4) is 0 Å². The van der Waals surface area contributed by atoms with E-state index < -0.39 is 0 Å². The monoisotopic (exact) mass is 383 g/mol. The van der Waals surface area contributed by atoms with Gasteiger partial charge < -0.3 is 14.8 Å². The Bertz CT molecular complexity index is 698. The molecule has 3 heteroatoms. The van der Waals surface area contributed by atoms with Gasteiger partial charge in [-0.05, 0) is 74.6 Å². The van der Waals surface area contributed by atoms with E-state index in [-0.39, 0.29) is 12.9 Å². The number of hydrogen-bond donors (Lipinski definition) is 1. The maximum absolute atomic E-state index is 6.51. The van der Waals surface area contributed by atoms with Crippen LogP contribution in [0.1, 0.15) is 57.2 Å². The molecule has 0 aromatic heterocycles. The lowest BCUT2D eigenvalue weighted by Crippen LogP contribution is -2.31. The largest absolute Gasteiger partial charge is 0.385 e. The quantitative estimate of drug-likeness (QED) is 0.470. The molecule has 3 aliphatic rings. The number of benzene rings is 1. The first-order chi connectivity index (χ1) is 13.8. The Kier molecular flexibility index (Phi) is 6.66. The number of hydrogen-bond acceptors (Lipinski definition) is 3. The van der Waals surface area contributed by atoms with Crippen LogP contribution in [0, 0.1) is 11.8 Å². The van der Waals surface area contributed by atoms with Crippen LogP contribution in [0.3, 0.4) is 0 Å². The molecule has 3 nitrogen and oxygen atoms in total. The fraction of sp³-hybridized carbons (Fsp3) is 0.600. The van der Waals surface area contributed by atoms with Gasteiger partial charge in [-0.15, -0.1) is 0 Å². The number of methoxy groups -OCH3 is 1. The molecule has 1 saturated heterocycles. The number of fused-ring (bicyclic) bond motifs is 1. The topological polar surface area (TPSA) is 30.5 Å². The highest BCUT2D eigenvalue weighted by atomic mass is 16.5. The Morgan fingerprint density at radius 3 is 3.04 bits per heavy atom. The van der Waals surface area contributed by atoms with Crippen LogP contribution in [0.2, 0.25) is 0 Å². The van der Waals surface area contributed by atoms with Gasteiger partial charge >= 0.3 is 0 Å². The Balaban J connectivity index is 0.00000240. The number of allylic oxidation sites excluding steroid dienone is 4. The summed E-state index contributed by atoms with van der Waals surface area (Å²) < 4.78 is 11.7. The van der Waals surface area contributed by atoms with E-state index in [1.54, 1.807) is 7.11 Å². The van der Waals surface area contributed by atoms with E-state index in [1.807, 2.05) is 0 Å². The average molecular weight is 384 g/mol. The Morgan fingerprint density at radius 2 is 2.18 bits per heavy atom. The van der Waals surface area contributed by atoms with Crippen LogP contribution in [-0.2, 0) is 14.9 Å². The molecule has 0 amide bonds. The summed E-state index contributed by atoms with van der Waals surface area (Å²) in [6.07, 6.45) is 16.7. The zero-order valence-corrected chi connectivity index (χ0v) is 17.2. The summed E-state index contributed by atoms with van der Waals surface area (Å²) in [5.41, 5.74) is 3.10. The molecular formula is C25H37NO2. The number of rotatable bonds is 9. The minimum atomic E-state index is 0. The summed E-state index contributed by atoms with van der Waals surface area (Å²) in [5.74, 6) is 1.35. The molecule has 1 aliphatic heterocycles. The van der Waals surface area contributed by atoms with Gasteiger partial charge in [0.05, 0.1) is 6.10 Å². The molecule has 4 unspecified atom stereocenters. The molecule has 4 atom stereocenters. The van der Waals surface area contributed by atoms with Crippen molar-refractivity contribution in [1.29, 1.82) is 0 Å². The van der Waals surface area contributed by atoms with Crippen molar-refractivity contribution in [2.75, 3.05) is 33.4 Å². The second-order valence-electron chi connectivity index (χ2n) is 8.66. The van der Waals surface area contributed by atoms with Crippen molar-refractivity contribution in [3.05, 3.63) is 59.7 Å². The first-order valence-corrected chi connectivity index (χ1v) is 11.1. The Morgan fingerprint density at radius 1 is 1.25 bits per heavy atom. The first-order valence-electron chi connectivity index (χ1n) is 11.1. The second-order valence-corrected chi connectivity index (χ2v) is 8.66. The third kappa shape index (κ3) is 4.42. The Hall–Kier alpha value is -1.42. The lowest BCUT2D eigenvalue weighted by atomic mass is 9.83. The number of ether oxygens (including phenoxy) is 2. The summed E-state index contributed by atoms with van der Waals surface area (Å²) in [5, 5.41) is 3.57. The van der Waals surface area contributed by atoms with E-state index in [2.05, 4.69) is 53.9 Å². The minimum Gasteiger partial charge on any atom is -0.385 e. The normalized spacial score (nSPS) is 29.9. The second kappa shape index (κ2) is 9.39. The van der Waals surface area contributed by atoms with Crippen LogP contribution < -0.4 is 5.32 Å². The standard InChI is InChI=1S/C25H35NO2.H2/c1-27-15-8-16-28-24(17-20-9-7-14-26-19-20)22-11-4-5-12-23(22)25-13-6-2-3-10-21(25)18-25;/h3-6,10-13,20-21,24,26H,2,7-9,14-19H2,1H3;1H. The van der Waals surface area contributed by atoms with Crippen LogP contribution in [0.15, 0.2) is 48.6 Å². The highest BCUT2D eigenvalue weighted by Crippen LogP contribution is 2.58. The summed E-state index contributed by atoms with van der Waals surface area (Å²) in [6.45, 7) is 3.81. The molecule has 0 spiro atoms. The van der Waals surface area contributed by atoms with Crippen molar-refractivity contribution >= 4 is 0 Å². The van der Waals surface area contributed by atoms with E-state index in [9.17, 15) is 0 Å². The molecule has 4 rings (SSSR count). The predicted octanol–water partition coefficient (Wildman–Crippen LogP) is 5.19. The van der Waals surface area contributed by atoms with Crippen molar-refractivity contribution in [3.63, 3.8) is 0 Å². The molecule has 0 radical (unpaired) electrons. The highest BCUT2D eigenvalue weighted by molar-refractivity contribution is 5.48. The van der Waals surface area contributed by atoms with Crippen LogP contribution in [0.4, 0.5) is 0 Å². The van der Waals surface area contributed by atoms with Crippen LogP contribution >= 0.6 is 0 Å². The lowest BCUT2D eigenvalue weighted by Gasteiger charge is -2.30. The van der Waals surface area contributed by atoms with Crippen molar-refractivity contribution in [1.82, 2.24) is 5.32 Å². The summed E-state index contributed by atoms with van der Waals surface area (Å²) in [4.78, 5) is 0. The molecule has 28 heavy (non-hydrogen) atoms. The van der Waals surface area contributed by atoms with Gasteiger partial charge in [-0.25, -0.2) is 0 Å². The van der Waals surface area contributed by atoms with Gasteiger partial charge in [0.2, 0.25) is 0 Å². The van der Waals surface area contributed by atoms with Crippen LogP contribution in [-0.4, -0.2) is 33.4 Å². The molecule has 1 saturated carbocycles. The third-order valence-corrected chi connectivity index (χ3v) is 6.68. The molecule has 1 aromatic rings. The van der Waals surface area contributed by atoms with Crippen LogP contribution in [0.5, 0.6) is 0 Å². The molecular weight excluding hydrogens is 346 g/mol. The minimum absolute atomic E-state index is 0. The highest BCUT2D eigenvalue weighted by Gasteiger charge is 2.53. The maximum atomic E-state index is 6.51. The SMILES string of the molecule is COCCCOC(CC1CCCNC1)c1ccccc1C12C=CCC=CC1C2.[HH]. The van der Waals surface area contributed by atoms with E-state index in [4.69, 9.17) is 9.47 Å². The van der Waals surface area contributed by atoms with E-state index >= 15 is 0 Å². The Labute approximate surface area is 171 Å². The van der Waals surface area contributed by atoms with E-state index in [0.29, 0.717) is 11.8 Å². The predicted molar refractivity (Wildman–Crippen MR) is 117 cm³/mol. The fourth-order valence-electron chi connectivity index (χ4n) is 5.08. The van der Waals surface area contributed by atoms with Crippen molar-refractivity contribution in [2.45, 2.75) is 50.0 Å². The van der Waals surface area contributed by atoms with E-state index in [0.717, 1.165) is 45.6 Å².